The van der Waals surface area contributed by atoms with Gasteiger partial charge in [-0.1, -0.05) is 45.4 Å². The summed E-state index contributed by atoms with van der Waals surface area (Å²) in [5.74, 6) is -4.77. The third-order valence-corrected chi connectivity index (χ3v) is 8.23. The molecular formula is C29H35F5O. The number of rotatable bonds is 8. The lowest BCUT2D eigenvalue weighted by atomic mass is 9.68. The fraction of sp³-hybridized carbons (Fsp3) is 0.586. The third-order valence-electron chi connectivity index (χ3n) is 8.23. The SMILES string of the molecule is CCCCCC1CCC(C2CCC(c3c(F)ccc(Oc4cc(F)c(F)c(F)c4)c3F)CC2)CC1. The lowest BCUT2D eigenvalue weighted by Crippen LogP contribution is -2.26. The molecule has 0 spiro atoms. The molecule has 6 heteroatoms. The zero-order valence-electron chi connectivity index (χ0n) is 20.4. The van der Waals surface area contributed by atoms with Gasteiger partial charge < -0.3 is 4.74 Å². The lowest BCUT2D eigenvalue weighted by molar-refractivity contribution is 0.154. The van der Waals surface area contributed by atoms with Crippen LogP contribution in [0.1, 0.15) is 95.5 Å². The summed E-state index contributed by atoms with van der Waals surface area (Å²) in [5.41, 5.74) is -0.0244. The van der Waals surface area contributed by atoms with E-state index in [0.717, 1.165) is 30.9 Å². The number of hydrogen-bond acceptors (Lipinski definition) is 1. The molecule has 0 radical (unpaired) electrons. The highest BCUT2D eigenvalue weighted by molar-refractivity contribution is 5.38. The summed E-state index contributed by atoms with van der Waals surface area (Å²) in [6.45, 7) is 2.24. The number of unbranched alkanes of at least 4 members (excludes halogenated alkanes) is 2. The van der Waals surface area contributed by atoms with Crippen LogP contribution in [0.2, 0.25) is 0 Å². The molecule has 2 aliphatic carbocycles. The Labute approximate surface area is 205 Å². The number of hydrogen-bond donors (Lipinski definition) is 0. The molecule has 0 saturated heterocycles. The molecule has 4 rings (SSSR count). The van der Waals surface area contributed by atoms with Crippen LogP contribution in [-0.2, 0) is 0 Å². The van der Waals surface area contributed by atoms with Crippen molar-refractivity contribution in [3.8, 4) is 11.5 Å². The van der Waals surface area contributed by atoms with E-state index in [-0.39, 0.29) is 23.0 Å². The summed E-state index contributed by atoms with van der Waals surface area (Å²) in [6, 6.07) is 3.50. The largest absolute Gasteiger partial charge is 0.454 e. The van der Waals surface area contributed by atoms with Crippen LogP contribution in [0, 0.1) is 46.8 Å². The fourth-order valence-corrected chi connectivity index (χ4v) is 6.23. The zero-order chi connectivity index (χ0) is 24.9. The van der Waals surface area contributed by atoms with E-state index in [4.69, 9.17) is 4.74 Å². The van der Waals surface area contributed by atoms with E-state index in [2.05, 4.69) is 6.92 Å². The first-order valence-corrected chi connectivity index (χ1v) is 13.2. The van der Waals surface area contributed by atoms with Crippen molar-refractivity contribution in [1.29, 1.82) is 0 Å². The second kappa shape index (κ2) is 11.7. The molecule has 0 atom stereocenters. The maximum absolute atomic E-state index is 15.3. The highest BCUT2D eigenvalue weighted by Crippen LogP contribution is 2.46. The van der Waals surface area contributed by atoms with Crippen LogP contribution in [0.15, 0.2) is 24.3 Å². The van der Waals surface area contributed by atoms with Crippen LogP contribution in [0.3, 0.4) is 0 Å². The zero-order valence-corrected chi connectivity index (χ0v) is 20.4. The predicted molar refractivity (Wildman–Crippen MR) is 127 cm³/mol. The van der Waals surface area contributed by atoms with Gasteiger partial charge in [0.2, 0.25) is 0 Å². The first kappa shape index (κ1) is 26.0. The number of halogens is 5. The Hall–Kier alpha value is -2.11. The topological polar surface area (TPSA) is 9.23 Å². The second-order valence-electron chi connectivity index (χ2n) is 10.5. The minimum atomic E-state index is -1.63. The molecule has 0 aromatic heterocycles. The van der Waals surface area contributed by atoms with Gasteiger partial charge in [-0.15, -0.1) is 0 Å². The summed E-state index contributed by atoms with van der Waals surface area (Å²) >= 11 is 0. The molecule has 35 heavy (non-hydrogen) atoms. The average molecular weight is 495 g/mol. The van der Waals surface area contributed by atoms with Gasteiger partial charge in [-0.25, -0.2) is 22.0 Å². The summed E-state index contributed by atoms with van der Waals surface area (Å²) < 4.78 is 75.5. The normalized spacial score (nSPS) is 25.0. The van der Waals surface area contributed by atoms with Crippen LogP contribution >= 0.6 is 0 Å². The van der Waals surface area contributed by atoms with Crippen molar-refractivity contribution in [1.82, 2.24) is 0 Å². The minimum absolute atomic E-state index is 0.0244. The Kier molecular flexibility index (Phi) is 8.72. The van der Waals surface area contributed by atoms with E-state index in [0.29, 0.717) is 36.8 Å². The smallest absolute Gasteiger partial charge is 0.194 e. The summed E-state index contributed by atoms with van der Waals surface area (Å²) in [4.78, 5) is 0. The van der Waals surface area contributed by atoms with E-state index in [1.54, 1.807) is 0 Å². The summed E-state index contributed by atoms with van der Waals surface area (Å²) in [6.07, 6.45) is 13.7. The van der Waals surface area contributed by atoms with Crippen molar-refractivity contribution in [3.63, 3.8) is 0 Å². The van der Waals surface area contributed by atoms with Crippen LogP contribution in [-0.4, -0.2) is 0 Å². The summed E-state index contributed by atoms with van der Waals surface area (Å²) in [5, 5.41) is 0. The molecule has 0 amide bonds. The van der Waals surface area contributed by atoms with Crippen molar-refractivity contribution >= 4 is 0 Å². The van der Waals surface area contributed by atoms with Crippen molar-refractivity contribution in [2.75, 3.05) is 0 Å². The first-order chi connectivity index (χ1) is 16.9. The Bertz CT molecular complexity index is 968. The molecule has 2 aromatic carbocycles. The molecule has 0 unspecified atom stereocenters. The number of ether oxygens (including phenoxy) is 1. The van der Waals surface area contributed by atoms with E-state index in [9.17, 15) is 17.6 Å². The molecule has 192 valence electrons. The van der Waals surface area contributed by atoms with E-state index in [1.807, 2.05) is 0 Å². The van der Waals surface area contributed by atoms with Gasteiger partial charge in [0.1, 0.15) is 11.6 Å². The summed E-state index contributed by atoms with van der Waals surface area (Å²) in [7, 11) is 0. The standard InChI is InChI=1S/C29H35F5O/c1-2-3-4-5-18-6-8-19(9-7-18)20-10-12-21(13-11-20)27-23(30)14-15-26(29(27)34)35-22-16-24(31)28(33)25(32)17-22/h14-21H,2-13H2,1H3. The third kappa shape index (κ3) is 6.18. The van der Waals surface area contributed by atoms with Crippen molar-refractivity contribution in [2.24, 2.45) is 17.8 Å². The molecular weight excluding hydrogens is 459 g/mol. The van der Waals surface area contributed by atoms with E-state index in [1.165, 1.54) is 51.4 Å². The van der Waals surface area contributed by atoms with Gasteiger partial charge in [0.25, 0.3) is 0 Å². The van der Waals surface area contributed by atoms with Crippen LogP contribution in [0.25, 0.3) is 0 Å². The quantitative estimate of drug-likeness (QED) is 0.202. The van der Waals surface area contributed by atoms with Gasteiger partial charge >= 0.3 is 0 Å². The highest BCUT2D eigenvalue weighted by Gasteiger charge is 2.33. The van der Waals surface area contributed by atoms with Gasteiger partial charge in [-0.3, -0.25) is 0 Å². The molecule has 0 bridgehead atoms. The Morgan fingerprint density at radius 2 is 1.31 bits per heavy atom. The second-order valence-corrected chi connectivity index (χ2v) is 10.5. The van der Waals surface area contributed by atoms with Crippen LogP contribution < -0.4 is 4.74 Å². The van der Waals surface area contributed by atoms with Gasteiger partial charge in [-0.05, 0) is 74.3 Å². The maximum Gasteiger partial charge on any atom is 0.194 e. The molecule has 0 N–H and O–H groups in total. The highest BCUT2D eigenvalue weighted by atomic mass is 19.2. The van der Waals surface area contributed by atoms with Crippen LogP contribution in [0.5, 0.6) is 11.5 Å². The number of benzene rings is 2. The van der Waals surface area contributed by atoms with Gasteiger partial charge in [-0.2, -0.15) is 0 Å². The molecule has 0 aliphatic heterocycles. The van der Waals surface area contributed by atoms with Crippen molar-refractivity contribution < 1.29 is 26.7 Å². The maximum atomic E-state index is 15.3. The Morgan fingerprint density at radius 1 is 0.714 bits per heavy atom. The van der Waals surface area contributed by atoms with E-state index >= 15 is 4.39 Å². The lowest BCUT2D eigenvalue weighted by Gasteiger charge is -2.38. The van der Waals surface area contributed by atoms with E-state index < -0.39 is 29.1 Å². The minimum Gasteiger partial charge on any atom is -0.454 e. The molecule has 2 aromatic rings. The first-order valence-electron chi connectivity index (χ1n) is 13.2. The molecule has 2 aliphatic rings. The Morgan fingerprint density at radius 3 is 1.91 bits per heavy atom. The van der Waals surface area contributed by atoms with Gasteiger partial charge in [0.15, 0.2) is 29.0 Å². The molecule has 1 nitrogen and oxygen atoms in total. The molecule has 2 fully saturated rings. The Balaban J connectivity index is 1.37. The predicted octanol–water partition coefficient (Wildman–Crippen LogP) is 9.83. The van der Waals surface area contributed by atoms with Crippen molar-refractivity contribution in [3.05, 3.63) is 58.9 Å². The van der Waals surface area contributed by atoms with Gasteiger partial charge in [0, 0.05) is 17.7 Å². The molecule has 2 saturated carbocycles. The fourth-order valence-electron chi connectivity index (χ4n) is 6.23. The monoisotopic (exact) mass is 494 g/mol. The van der Waals surface area contributed by atoms with Gasteiger partial charge in [0.05, 0.1) is 0 Å². The molecule has 0 heterocycles. The van der Waals surface area contributed by atoms with Crippen molar-refractivity contribution in [2.45, 2.75) is 89.9 Å². The average Bonchev–Trinajstić information content (AvgIpc) is 2.85. The van der Waals surface area contributed by atoms with Crippen LogP contribution in [0.4, 0.5) is 22.0 Å².